The van der Waals surface area contributed by atoms with E-state index >= 15 is 0 Å². The number of nitrogens with zero attached hydrogens (tertiary/aromatic N) is 1. The average molecular weight is 420 g/mol. The molecular weight excluding hydrogens is 382 g/mol. The van der Waals surface area contributed by atoms with E-state index in [1.165, 1.54) is 17.0 Å². The Morgan fingerprint density at radius 2 is 2.14 bits per heavy atom. The van der Waals surface area contributed by atoms with Crippen LogP contribution < -0.4 is 10.6 Å². The van der Waals surface area contributed by atoms with Crippen LogP contribution in [-0.2, 0) is 11.2 Å². The molecule has 2 saturated carbocycles. The Labute approximate surface area is 179 Å². The van der Waals surface area contributed by atoms with Crippen molar-refractivity contribution in [3.05, 3.63) is 10.6 Å². The Balaban J connectivity index is 1.51. The SMILES string of the molecule is CCCCNc1nc2c(s1)C[C@@]1(C)CC[C@@H]([C@H](C)C(=O)NC3CC3)[C@H](O)[C@H]1[C@@H]2C. The van der Waals surface area contributed by atoms with Gasteiger partial charge in [0.1, 0.15) is 0 Å². The summed E-state index contributed by atoms with van der Waals surface area (Å²) < 4.78 is 0. The van der Waals surface area contributed by atoms with Gasteiger partial charge in [-0.2, -0.15) is 0 Å². The van der Waals surface area contributed by atoms with Crippen molar-refractivity contribution in [2.45, 2.75) is 90.7 Å². The van der Waals surface area contributed by atoms with Crippen LogP contribution >= 0.6 is 11.3 Å². The zero-order valence-corrected chi connectivity index (χ0v) is 19.1. The molecule has 0 aromatic carbocycles. The Morgan fingerprint density at radius 1 is 1.38 bits per heavy atom. The van der Waals surface area contributed by atoms with Gasteiger partial charge in [-0.05, 0) is 55.8 Å². The Morgan fingerprint density at radius 3 is 2.83 bits per heavy atom. The highest BCUT2D eigenvalue weighted by Crippen LogP contribution is 2.57. The molecule has 1 aromatic rings. The number of hydrogen-bond donors (Lipinski definition) is 3. The first-order chi connectivity index (χ1) is 13.8. The molecule has 4 rings (SSSR count). The van der Waals surface area contributed by atoms with Crippen molar-refractivity contribution in [3.63, 3.8) is 0 Å². The Hall–Kier alpha value is -1.14. The van der Waals surface area contributed by atoms with Gasteiger partial charge in [0, 0.05) is 29.3 Å². The molecule has 1 heterocycles. The van der Waals surface area contributed by atoms with Crippen LogP contribution in [0.1, 0.15) is 82.7 Å². The molecule has 1 amide bonds. The standard InChI is InChI=1S/C23H37N3O2S/c1-5-6-11-24-22-26-19-14(3)18-20(27)16(13(2)21(28)25-15-7-8-15)9-10-23(18,4)12-17(19)29-22/h13-16,18,20,27H,5-12H2,1-4H3,(H,24,26)(H,25,28)/t13-,14-,16-,18+,20-,23+/m0/s1. The van der Waals surface area contributed by atoms with Gasteiger partial charge in [0.2, 0.25) is 5.91 Å². The molecule has 2 fully saturated rings. The second kappa shape index (κ2) is 8.18. The van der Waals surface area contributed by atoms with Crippen LogP contribution in [0, 0.1) is 23.2 Å². The second-order valence-corrected chi connectivity index (χ2v) is 11.1. The average Bonchev–Trinajstić information content (AvgIpc) is 3.39. The number of carbonyl (C=O) groups excluding carboxylic acids is 1. The summed E-state index contributed by atoms with van der Waals surface area (Å²) in [6, 6.07) is 0.376. The van der Waals surface area contributed by atoms with Crippen molar-refractivity contribution in [1.82, 2.24) is 10.3 Å². The summed E-state index contributed by atoms with van der Waals surface area (Å²) in [4.78, 5) is 19.0. The van der Waals surface area contributed by atoms with Gasteiger partial charge in [-0.1, -0.05) is 34.1 Å². The summed E-state index contributed by atoms with van der Waals surface area (Å²) in [5.41, 5.74) is 1.26. The van der Waals surface area contributed by atoms with Gasteiger partial charge in [0.15, 0.2) is 5.13 Å². The predicted molar refractivity (Wildman–Crippen MR) is 118 cm³/mol. The number of unbranched alkanes of at least 4 members (excludes halogenated alkanes) is 1. The second-order valence-electron chi connectivity index (χ2n) is 10.0. The number of aromatic nitrogens is 1. The summed E-state index contributed by atoms with van der Waals surface area (Å²) >= 11 is 1.80. The summed E-state index contributed by atoms with van der Waals surface area (Å²) in [6.07, 6.45) is 7.08. The van der Waals surface area contributed by atoms with E-state index < -0.39 is 6.10 Å². The number of hydrogen-bond acceptors (Lipinski definition) is 5. The van der Waals surface area contributed by atoms with E-state index in [9.17, 15) is 9.90 Å². The molecular formula is C23H37N3O2S. The molecule has 3 aliphatic rings. The van der Waals surface area contributed by atoms with Gasteiger partial charge in [-0.15, -0.1) is 11.3 Å². The molecule has 6 heteroatoms. The van der Waals surface area contributed by atoms with Crippen molar-refractivity contribution in [3.8, 4) is 0 Å². The minimum absolute atomic E-state index is 0.0385. The fourth-order valence-electron chi connectivity index (χ4n) is 5.75. The van der Waals surface area contributed by atoms with Gasteiger partial charge in [-0.25, -0.2) is 4.98 Å². The highest BCUT2D eigenvalue weighted by molar-refractivity contribution is 7.15. The molecule has 0 spiro atoms. The van der Waals surface area contributed by atoms with Gasteiger partial charge in [-0.3, -0.25) is 4.79 Å². The van der Waals surface area contributed by atoms with Gasteiger partial charge in [0.05, 0.1) is 11.8 Å². The van der Waals surface area contributed by atoms with Crippen LogP contribution in [-0.4, -0.2) is 34.7 Å². The molecule has 5 nitrogen and oxygen atoms in total. The third-order valence-corrected chi connectivity index (χ3v) is 8.74. The van der Waals surface area contributed by atoms with E-state index in [0.717, 1.165) is 50.2 Å². The fourth-order valence-corrected chi connectivity index (χ4v) is 7.04. The van der Waals surface area contributed by atoms with Crippen LogP contribution in [0.15, 0.2) is 0 Å². The van der Waals surface area contributed by atoms with Gasteiger partial charge < -0.3 is 15.7 Å². The third kappa shape index (κ3) is 4.07. The fraction of sp³-hybridized carbons (Fsp3) is 0.826. The third-order valence-electron chi connectivity index (χ3n) is 7.71. The lowest BCUT2D eigenvalue weighted by Gasteiger charge is -2.53. The minimum Gasteiger partial charge on any atom is -0.392 e. The zero-order chi connectivity index (χ0) is 20.8. The van der Waals surface area contributed by atoms with Crippen LogP contribution in [0.25, 0.3) is 0 Å². The maximum Gasteiger partial charge on any atom is 0.223 e. The first-order valence-corrected chi connectivity index (χ1v) is 12.4. The van der Waals surface area contributed by atoms with Crippen LogP contribution in [0.4, 0.5) is 5.13 Å². The minimum atomic E-state index is -0.449. The molecule has 0 unspecified atom stereocenters. The summed E-state index contributed by atoms with van der Waals surface area (Å²) in [7, 11) is 0. The lowest BCUT2D eigenvalue weighted by Crippen LogP contribution is -2.53. The van der Waals surface area contributed by atoms with Crippen LogP contribution in [0.5, 0.6) is 0 Å². The number of anilines is 1. The molecule has 3 aliphatic carbocycles. The van der Waals surface area contributed by atoms with Crippen LogP contribution in [0.3, 0.4) is 0 Å². The Bertz CT molecular complexity index is 746. The number of fused-ring (bicyclic) bond motifs is 2. The maximum absolute atomic E-state index is 12.6. The molecule has 0 radical (unpaired) electrons. The van der Waals surface area contributed by atoms with Crippen molar-refractivity contribution in [2.75, 3.05) is 11.9 Å². The monoisotopic (exact) mass is 419 g/mol. The number of carbonyl (C=O) groups is 1. The maximum atomic E-state index is 12.6. The molecule has 29 heavy (non-hydrogen) atoms. The van der Waals surface area contributed by atoms with Crippen molar-refractivity contribution in [1.29, 1.82) is 0 Å². The molecule has 0 bridgehead atoms. The van der Waals surface area contributed by atoms with Crippen molar-refractivity contribution >= 4 is 22.4 Å². The lowest BCUT2D eigenvalue weighted by molar-refractivity contribution is -0.134. The number of nitrogens with one attached hydrogen (secondary N) is 2. The van der Waals surface area contributed by atoms with Crippen molar-refractivity contribution < 1.29 is 9.90 Å². The number of amides is 1. The molecule has 0 saturated heterocycles. The van der Waals surface area contributed by atoms with E-state index in [4.69, 9.17) is 4.98 Å². The summed E-state index contributed by atoms with van der Waals surface area (Å²) in [6.45, 7) is 9.75. The molecule has 6 atom stereocenters. The zero-order valence-electron chi connectivity index (χ0n) is 18.3. The normalized spacial score (nSPS) is 34.8. The predicted octanol–water partition coefficient (Wildman–Crippen LogP) is 4.32. The van der Waals surface area contributed by atoms with E-state index in [1.807, 2.05) is 6.92 Å². The quantitative estimate of drug-likeness (QED) is 0.575. The molecule has 1 aromatic heterocycles. The highest BCUT2D eigenvalue weighted by atomic mass is 32.1. The van der Waals surface area contributed by atoms with Gasteiger partial charge >= 0.3 is 0 Å². The number of aliphatic hydroxyl groups excluding tert-OH is 1. The van der Waals surface area contributed by atoms with Crippen LogP contribution in [0.2, 0.25) is 0 Å². The van der Waals surface area contributed by atoms with E-state index in [-0.39, 0.29) is 35.0 Å². The molecule has 3 N–H and O–H groups in total. The highest BCUT2D eigenvalue weighted by Gasteiger charge is 2.54. The smallest absolute Gasteiger partial charge is 0.223 e. The van der Waals surface area contributed by atoms with E-state index in [0.29, 0.717) is 6.04 Å². The molecule has 0 aliphatic heterocycles. The summed E-state index contributed by atoms with van der Waals surface area (Å²) in [5.74, 6) is 0.413. The first kappa shape index (κ1) is 21.1. The number of aliphatic hydroxyl groups is 1. The van der Waals surface area contributed by atoms with Gasteiger partial charge in [0.25, 0.3) is 0 Å². The largest absolute Gasteiger partial charge is 0.392 e. The topological polar surface area (TPSA) is 74.2 Å². The first-order valence-electron chi connectivity index (χ1n) is 11.6. The lowest BCUT2D eigenvalue weighted by atomic mass is 9.53. The van der Waals surface area contributed by atoms with E-state index in [2.05, 4.69) is 31.4 Å². The Kier molecular flexibility index (Phi) is 5.95. The summed E-state index contributed by atoms with van der Waals surface area (Å²) in [5, 5.41) is 19.1. The number of rotatable bonds is 7. The van der Waals surface area contributed by atoms with E-state index in [1.54, 1.807) is 11.3 Å². The van der Waals surface area contributed by atoms with Crippen molar-refractivity contribution in [2.24, 2.45) is 23.2 Å². The number of thiazole rings is 1. The molecule has 162 valence electrons.